The highest BCUT2D eigenvalue weighted by Crippen LogP contribution is 2.59. The van der Waals surface area contributed by atoms with Crippen molar-refractivity contribution in [3.63, 3.8) is 0 Å². The summed E-state index contributed by atoms with van der Waals surface area (Å²) in [5.41, 5.74) is -0.340. The van der Waals surface area contributed by atoms with Crippen molar-refractivity contribution in [3.05, 3.63) is 11.6 Å². The van der Waals surface area contributed by atoms with E-state index in [-0.39, 0.29) is 36.5 Å². The highest BCUT2D eigenvalue weighted by molar-refractivity contribution is 5.97. The first-order valence-electron chi connectivity index (χ1n) is 10.1. The Morgan fingerprint density at radius 2 is 2.15 bits per heavy atom. The molecule has 0 radical (unpaired) electrons. The summed E-state index contributed by atoms with van der Waals surface area (Å²) in [6.07, 6.45) is 5.97. The molecular formula is C21H32O6. The van der Waals surface area contributed by atoms with E-state index in [0.29, 0.717) is 6.61 Å². The lowest BCUT2D eigenvalue weighted by molar-refractivity contribution is -0.183. The molecule has 0 amide bonds. The van der Waals surface area contributed by atoms with Crippen molar-refractivity contribution in [1.82, 2.24) is 0 Å². The smallest absolute Gasteiger partial charge is 0.316 e. The average Bonchev–Trinajstić information content (AvgIpc) is 2.65. The van der Waals surface area contributed by atoms with Gasteiger partial charge >= 0.3 is 5.97 Å². The summed E-state index contributed by atoms with van der Waals surface area (Å²) in [5.74, 6) is -1.10. The van der Waals surface area contributed by atoms with E-state index in [2.05, 4.69) is 13.8 Å². The Hall–Kier alpha value is -1.24. The molecule has 1 saturated carbocycles. The minimum atomic E-state index is -0.972. The second-order valence-electron chi connectivity index (χ2n) is 8.71. The first kappa shape index (κ1) is 20.5. The van der Waals surface area contributed by atoms with Crippen LogP contribution in [0.2, 0.25) is 0 Å². The number of rotatable bonds is 5. The second-order valence-corrected chi connectivity index (χ2v) is 8.71. The zero-order valence-electron chi connectivity index (χ0n) is 16.7. The summed E-state index contributed by atoms with van der Waals surface area (Å²) in [6.45, 7) is 4.81. The molecular weight excluding hydrogens is 348 g/mol. The van der Waals surface area contributed by atoms with Crippen LogP contribution in [0.15, 0.2) is 11.6 Å². The largest absolute Gasteiger partial charge is 0.468 e. The van der Waals surface area contributed by atoms with Gasteiger partial charge in [0.25, 0.3) is 0 Å². The Morgan fingerprint density at radius 3 is 2.81 bits per heavy atom. The number of carbonyl (C=O) groups excluding carboxylic acids is 2. The molecule has 0 bridgehead atoms. The van der Waals surface area contributed by atoms with E-state index in [4.69, 9.17) is 14.2 Å². The summed E-state index contributed by atoms with van der Waals surface area (Å²) in [7, 11) is 1.39. The lowest BCUT2D eigenvalue weighted by atomic mass is 9.50. The topological polar surface area (TPSA) is 82.1 Å². The van der Waals surface area contributed by atoms with Crippen LogP contribution in [0.25, 0.3) is 0 Å². The minimum absolute atomic E-state index is 0.0297. The molecule has 2 aliphatic carbocycles. The number of methoxy groups -OCH3 is 1. The fourth-order valence-corrected chi connectivity index (χ4v) is 5.05. The fourth-order valence-electron chi connectivity index (χ4n) is 5.05. The summed E-state index contributed by atoms with van der Waals surface area (Å²) in [6, 6.07) is 0. The van der Waals surface area contributed by atoms with Gasteiger partial charge < -0.3 is 19.3 Å². The van der Waals surface area contributed by atoms with Crippen LogP contribution in [0.3, 0.4) is 0 Å². The number of ketones is 1. The van der Waals surface area contributed by atoms with Crippen LogP contribution >= 0.6 is 0 Å². The molecule has 3 rings (SSSR count). The van der Waals surface area contributed by atoms with Crippen molar-refractivity contribution < 1.29 is 28.9 Å². The lowest BCUT2D eigenvalue weighted by Crippen LogP contribution is -2.54. The van der Waals surface area contributed by atoms with Crippen LogP contribution in [0.1, 0.15) is 58.8 Å². The first-order valence-corrected chi connectivity index (χ1v) is 10.1. The maximum absolute atomic E-state index is 12.9. The Balaban J connectivity index is 1.80. The molecule has 152 valence electrons. The van der Waals surface area contributed by atoms with E-state index < -0.39 is 17.4 Å². The van der Waals surface area contributed by atoms with Gasteiger partial charge in [-0.05, 0) is 62.0 Å². The van der Waals surface area contributed by atoms with Gasteiger partial charge in [-0.1, -0.05) is 13.8 Å². The number of hydrogen-bond donors (Lipinski definition) is 1. The highest BCUT2D eigenvalue weighted by Gasteiger charge is 2.59. The normalized spacial score (nSPS) is 34.4. The van der Waals surface area contributed by atoms with Crippen molar-refractivity contribution >= 4 is 11.8 Å². The summed E-state index contributed by atoms with van der Waals surface area (Å²) in [4.78, 5) is 25.6. The van der Waals surface area contributed by atoms with Crippen molar-refractivity contribution in [2.24, 2.45) is 16.7 Å². The molecule has 1 N–H and O–H groups in total. The van der Waals surface area contributed by atoms with Gasteiger partial charge in [-0.25, -0.2) is 0 Å². The van der Waals surface area contributed by atoms with E-state index in [1.54, 1.807) is 6.08 Å². The van der Waals surface area contributed by atoms with Crippen molar-refractivity contribution in [3.8, 4) is 0 Å². The molecule has 1 saturated heterocycles. The van der Waals surface area contributed by atoms with Gasteiger partial charge in [0.1, 0.15) is 0 Å². The first-order chi connectivity index (χ1) is 12.8. The van der Waals surface area contributed by atoms with E-state index in [1.807, 2.05) is 0 Å². The maximum atomic E-state index is 12.9. The van der Waals surface area contributed by atoms with Crippen LogP contribution < -0.4 is 0 Å². The SMILES string of the molecule is COC(=O)C12CC(C(O)COC3CCCCO3)C(=O)C=C1CCCC2(C)C. The van der Waals surface area contributed by atoms with Crippen LogP contribution in [-0.4, -0.2) is 49.6 Å². The number of carbonyl (C=O) groups is 2. The zero-order valence-corrected chi connectivity index (χ0v) is 16.7. The number of hydrogen-bond acceptors (Lipinski definition) is 6. The quantitative estimate of drug-likeness (QED) is 0.739. The molecule has 0 aromatic carbocycles. The predicted molar refractivity (Wildman–Crippen MR) is 98.8 cm³/mol. The molecule has 3 aliphatic rings. The third-order valence-electron chi connectivity index (χ3n) is 6.75. The minimum Gasteiger partial charge on any atom is -0.468 e. The van der Waals surface area contributed by atoms with Gasteiger partial charge in [0.05, 0.1) is 31.2 Å². The number of esters is 1. The summed E-state index contributed by atoms with van der Waals surface area (Å²) in [5, 5.41) is 10.7. The van der Waals surface area contributed by atoms with Crippen molar-refractivity contribution in [2.75, 3.05) is 20.3 Å². The van der Waals surface area contributed by atoms with Crippen LogP contribution in [0.5, 0.6) is 0 Å². The zero-order chi connectivity index (χ0) is 19.7. The number of fused-ring (bicyclic) bond motifs is 1. The second kappa shape index (κ2) is 8.02. The van der Waals surface area contributed by atoms with Gasteiger partial charge in [-0.3, -0.25) is 9.59 Å². The third kappa shape index (κ3) is 3.71. The van der Waals surface area contributed by atoms with Crippen LogP contribution in [-0.2, 0) is 23.8 Å². The van der Waals surface area contributed by atoms with Gasteiger partial charge in [0.2, 0.25) is 0 Å². The van der Waals surface area contributed by atoms with Gasteiger partial charge in [0, 0.05) is 6.61 Å². The number of ether oxygens (including phenoxy) is 3. The highest BCUT2D eigenvalue weighted by atomic mass is 16.7. The Bertz CT molecular complexity index is 604. The number of aliphatic hydroxyl groups is 1. The fraction of sp³-hybridized carbons (Fsp3) is 0.810. The van der Waals surface area contributed by atoms with E-state index >= 15 is 0 Å². The Labute approximate surface area is 161 Å². The Morgan fingerprint density at radius 1 is 1.37 bits per heavy atom. The number of aliphatic hydroxyl groups excluding tert-OH is 1. The van der Waals surface area contributed by atoms with Crippen LogP contribution in [0.4, 0.5) is 0 Å². The molecule has 0 aromatic heterocycles. The van der Waals surface area contributed by atoms with E-state index in [9.17, 15) is 14.7 Å². The molecule has 4 atom stereocenters. The van der Waals surface area contributed by atoms with Gasteiger partial charge in [-0.15, -0.1) is 0 Å². The Kier molecular flexibility index (Phi) is 6.08. The molecule has 0 aromatic rings. The monoisotopic (exact) mass is 380 g/mol. The molecule has 2 fully saturated rings. The molecule has 6 nitrogen and oxygen atoms in total. The van der Waals surface area contributed by atoms with E-state index in [0.717, 1.165) is 44.1 Å². The van der Waals surface area contributed by atoms with Gasteiger partial charge in [-0.2, -0.15) is 0 Å². The lowest BCUT2D eigenvalue weighted by Gasteiger charge is -2.52. The van der Waals surface area contributed by atoms with E-state index in [1.165, 1.54) is 7.11 Å². The van der Waals surface area contributed by atoms with Crippen molar-refractivity contribution in [2.45, 2.75) is 71.2 Å². The molecule has 0 spiro atoms. The number of allylic oxidation sites excluding steroid dienone is 1. The molecule has 4 unspecified atom stereocenters. The maximum Gasteiger partial charge on any atom is 0.316 e. The third-order valence-corrected chi connectivity index (χ3v) is 6.75. The standard InChI is InChI=1S/C21H32O6/c1-20(2)9-6-7-14-11-16(22)15(12-21(14,20)19(24)25-3)17(23)13-27-18-8-4-5-10-26-18/h11,15,17-18,23H,4-10,12-13H2,1-3H3. The molecule has 27 heavy (non-hydrogen) atoms. The summed E-state index contributed by atoms with van der Waals surface area (Å²) >= 11 is 0. The van der Waals surface area contributed by atoms with Crippen molar-refractivity contribution in [1.29, 1.82) is 0 Å². The summed E-state index contributed by atoms with van der Waals surface area (Å²) < 4.78 is 16.4. The predicted octanol–water partition coefficient (Wildman–Crippen LogP) is 2.78. The van der Waals surface area contributed by atoms with Gasteiger partial charge in [0.15, 0.2) is 12.1 Å². The molecule has 1 aliphatic heterocycles. The van der Waals surface area contributed by atoms with Crippen LogP contribution in [0, 0.1) is 16.7 Å². The molecule has 6 heteroatoms. The average molecular weight is 380 g/mol. The molecule has 1 heterocycles.